The molecule has 2 nitrogen and oxygen atoms in total. The minimum absolute atomic E-state index is 0.0498. The highest BCUT2D eigenvalue weighted by molar-refractivity contribution is 8.01. The largest absolute Gasteiger partial charge is 0.389 e. The van der Waals surface area contributed by atoms with Crippen LogP contribution >= 0.6 is 11.8 Å². The lowest BCUT2D eigenvalue weighted by molar-refractivity contribution is -0.0384. The Hall–Kier alpha value is 0.270. The second-order valence-corrected chi connectivity index (χ2v) is 4.42. The first-order chi connectivity index (χ1) is 5.62. The average molecular weight is 163 g/mol. The van der Waals surface area contributed by atoms with Crippen LogP contribution in [0, 0.1) is 0 Å². The molecule has 3 heteroatoms. The van der Waals surface area contributed by atoms with Crippen LogP contribution in [0.15, 0.2) is 0 Å². The molecule has 2 heterocycles. The molecular weight excluding hydrogens is 148 g/mol. The Balaban J connectivity index is 2.30. The van der Waals surface area contributed by atoms with E-state index < -0.39 is 18.3 Å². The molecule has 5 atom stereocenters. The van der Waals surface area contributed by atoms with Gasteiger partial charge in [0.15, 0.2) is 0 Å². The van der Waals surface area contributed by atoms with E-state index in [2.05, 4.69) is 0 Å². The third-order valence-corrected chi connectivity index (χ3v) is 3.77. The standard InChI is InChI=1S/C7H12O2S/c1-4-7(2)6(8)5(10-4)3-9-7/h4-6,8H,3H2,1-2H3/t4-,5-,6-,7-/m0/s1/i2D,3T/t3-,4-,5-,6-,7-. The Morgan fingerprint density at radius 1 is 2.10 bits per heavy atom. The summed E-state index contributed by atoms with van der Waals surface area (Å²) in [6.07, 6.45) is -0.627. The van der Waals surface area contributed by atoms with Gasteiger partial charge in [0.25, 0.3) is 0 Å². The zero-order chi connectivity index (χ0) is 8.93. The zero-order valence-electron chi connectivity index (χ0n) is 7.78. The molecule has 0 amide bonds. The minimum Gasteiger partial charge on any atom is -0.389 e. The number of aliphatic hydroxyl groups excluding tert-OH is 1. The van der Waals surface area contributed by atoms with E-state index in [4.69, 9.17) is 7.48 Å². The summed E-state index contributed by atoms with van der Waals surface area (Å²) in [5.74, 6) is 0. The molecule has 0 unspecified atom stereocenters. The summed E-state index contributed by atoms with van der Waals surface area (Å²) in [6.45, 7) is 1.36. The van der Waals surface area contributed by atoms with Crippen LogP contribution in [-0.2, 0) is 4.74 Å². The van der Waals surface area contributed by atoms with Gasteiger partial charge in [0, 0.05) is 6.62 Å². The van der Waals surface area contributed by atoms with Crippen molar-refractivity contribution in [2.75, 3.05) is 6.58 Å². The summed E-state index contributed by atoms with van der Waals surface area (Å²) in [4.78, 5) is 0. The molecule has 0 aliphatic carbocycles. The first kappa shape index (κ1) is 5.01. The first-order valence-corrected chi connectivity index (χ1v) is 4.29. The number of hydrogen-bond acceptors (Lipinski definition) is 3. The molecule has 10 heavy (non-hydrogen) atoms. The Morgan fingerprint density at radius 2 is 2.90 bits per heavy atom. The number of hydrogen-bond donors (Lipinski definition) is 1. The van der Waals surface area contributed by atoms with Crippen molar-refractivity contribution in [2.24, 2.45) is 0 Å². The van der Waals surface area contributed by atoms with E-state index in [9.17, 15) is 5.11 Å². The molecule has 2 aliphatic heterocycles. The highest BCUT2D eigenvalue weighted by Gasteiger charge is 2.56. The number of aliphatic hydroxyl groups is 1. The summed E-state index contributed by atoms with van der Waals surface area (Å²) in [5, 5.41) is 9.72. The van der Waals surface area contributed by atoms with Crippen LogP contribution in [0.25, 0.3) is 0 Å². The number of ether oxygens (including phenoxy) is 1. The number of thioether (sulfide) groups is 1. The third kappa shape index (κ3) is 0.633. The SMILES string of the molecule is [2H]C[C@]12O[C@@H]([3H])[C@H](S[C@H]1C)[C@@H]2O. The van der Waals surface area contributed by atoms with E-state index in [1.165, 1.54) is 0 Å². The molecule has 2 saturated heterocycles. The van der Waals surface area contributed by atoms with Gasteiger partial charge in [-0.2, -0.15) is 0 Å². The lowest BCUT2D eigenvalue weighted by atomic mass is 9.97. The fourth-order valence-corrected chi connectivity index (χ4v) is 2.81. The van der Waals surface area contributed by atoms with Gasteiger partial charge in [0.2, 0.25) is 0 Å². The Bertz CT molecular complexity index is 204. The number of fused-ring (bicyclic) bond motifs is 2. The topological polar surface area (TPSA) is 29.5 Å². The predicted octanol–water partition coefficient (Wildman–Crippen LogP) is 0.640. The summed E-state index contributed by atoms with van der Waals surface area (Å²) < 4.78 is 20.2. The van der Waals surface area contributed by atoms with Crippen molar-refractivity contribution in [1.29, 1.82) is 0 Å². The van der Waals surface area contributed by atoms with Gasteiger partial charge in [0.1, 0.15) is 5.60 Å². The second kappa shape index (κ2) is 1.90. The lowest BCUT2D eigenvalue weighted by Crippen LogP contribution is -2.40. The van der Waals surface area contributed by atoms with Gasteiger partial charge in [-0.25, -0.2) is 0 Å². The van der Waals surface area contributed by atoms with Crippen molar-refractivity contribution in [2.45, 2.75) is 36.0 Å². The first-order valence-electron chi connectivity index (χ1n) is 4.63. The van der Waals surface area contributed by atoms with Gasteiger partial charge >= 0.3 is 0 Å². The van der Waals surface area contributed by atoms with E-state index in [1.807, 2.05) is 6.92 Å². The quantitative estimate of drug-likeness (QED) is 0.568. The van der Waals surface area contributed by atoms with E-state index in [1.54, 1.807) is 11.8 Å². The van der Waals surface area contributed by atoms with E-state index in [0.717, 1.165) is 0 Å². The van der Waals surface area contributed by atoms with Crippen molar-refractivity contribution >= 4 is 11.8 Å². The zero-order valence-corrected chi connectivity index (χ0v) is 6.60. The maximum absolute atomic E-state index is 9.73. The molecule has 2 rings (SSSR count). The van der Waals surface area contributed by atoms with Gasteiger partial charge < -0.3 is 9.84 Å². The molecule has 0 aromatic carbocycles. The molecule has 2 aliphatic rings. The van der Waals surface area contributed by atoms with Gasteiger partial charge in [-0.3, -0.25) is 0 Å². The van der Waals surface area contributed by atoms with E-state index in [0.29, 0.717) is 0 Å². The second-order valence-electron chi connectivity index (χ2n) is 2.90. The molecule has 2 bridgehead atoms. The molecular formula is C7H12O2S. The third-order valence-electron chi connectivity index (χ3n) is 2.28. The minimum atomic E-state index is -0.762. The van der Waals surface area contributed by atoms with Crippen molar-refractivity contribution in [3.8, 4) is 0 Å². The lowest BCUT2D eigenvalue weighted by Gasteiger charge is -2.28. The van der Waals surface area contributed by atoms with Gasteiger partial charge in [-0.15, -0.1) is 11.8 Å². The van der Waals surface area contributed by atoms with E-state index >= 15 is 0 Å². The van der Waals surface area contributed by atoms with Crippen LogP contribution in [0.4, 0.5) is 0 Å². The summed E-state index contributed by atoms with van der Waals surface area (Å²) in [7, 11) is 0. The normalized spacial score (nSPS) is 69.8. The number of rotatable bonds is 0. The van der Waals surface area contributed by atoms with Gasteiger partial charge in [-0.1, -0.05) is 6.92 Å². The van der Waals surface area contributed by atoms with Crippen LogP contribution < -0.4 is 0 Å². The van der Waals surface area contributed by atoms with Crippen molar-refractivity contribution in [3.63, 3.8) is 0 Å². The van der Waals surface area contributed by atoms with Crippen molar-refractivity contribution in [3.05, 3.63) is 0 Å². The van der Waals surface area contributed by atoms with Crippen LogP contribution in [-0.4, -0.2) is 33.9 Å². The molecule has 0 aromatic heterocycles. The molecule has 0 radical (unpaired) electrons. The molecule has 0 spiro atoms. The van der Waals surface area contributed by atoms with Crippen LogP contribution in [0.2, 0.25) is 0 Å². The monoisotopic (exact) mass is 163 g/mol. The fourth-order valence-electron chi connectivity index (χ4n) is 1.41. The molecule has 58 valence electrons. The van der Waals surface area contributed by atoms with Crippen LogP contribution in [0.3, 0.4) is 0 Å². The van der Waals surface area contributed by atoms with Gasteiger partial charge in [-0.05, 0) is 6.90 Å². The summed E-state index contributed by atoms with van der Waals surface area (Å²) in [5.41, 5.74) is -0.762. The summed E-state index contributed by atoms with van der Waals surface area (Å²) >= 11 is 1.57. The highest BCUT2D eigenvalue weighted by atomic mass is 32.2. The smallest absolute Gasteiger partial charge is 0.104 e. The van der Waals surface area contributed by atoms with Crippen LogP contribution in [0.5, 0.6) is 0 Å². The Labute approximate surface area is 67.8 Å². The molecule has 1 N–H and O–H groups in total. The molecule has 0 aromatic rings. The fraction of sp³-hybridized carbons (Fsp3) is 1.00. The van der Waals surface area contributed by atoms with Gasteiger partial charge in [0.05, 0.1) is 19.3 Å². The maximum Gasteiger partial charge on any atom is 0.104 e. The highest BCUT2D eigenvalue weighted by Crippen LogP contribution is 2.48. The van der Waals surface area contributed by atoms with Crippen molar-refractivity contribution in [1.82, 2.24) is 0 Å². The van der Waals surface area contributed by atoms with Crippen molar-refractivity contribution < 1.29 is 12.6 Å². The molecule has 2 fully saturated rings. The average Bonchev–Trinajstić information content (AvgIpc) is 2.41. The maximum atomic E-state index is 9.73. The summed E-state index contributed by atoms with van der Waals surface area (Å²) in [6, 6.07) is 0. The Morgan fingerprint density at radius 3 is 3.30 bits per heavy atom. The van der Waals surface area contributed by atoms with Crippen LogP contribution in [0.1, 0.15) is 16.6 Å². The Kier molecular flexibility index (Phi) is 0.952. The predicted molar refractivity (Wildman–Crippen MR) is 41.2 cm³/mol. The van der Waals surface area contributed by atoms with E-state index in [-0.39, 0.29) is 17.4 Å². The molecule has 0 saturated carbocycles.